The quantitative estimate of drug-likeness (QED) is 0.0998. The molecule has 0 heterocycles. The van der Waals surface area contributed by atoms with Gasteiger partial charge in [-0.1, -0.05) is 0 Å². The normalized spacial score (nSPS) is 14.3. The number of alkyl halides is 36. The summed E-state index contributed by atoms with van der Waals surface area (Å²) >= 11 is 0. The molecule has 0 aliphatic heterocycles. The monoisotopic (exact) mass is 1590 g/mol. The van der Waals surface area contributed by atoms with Gasteiger partial charge < -0.3 is 0 Å². The van der Waals surface area contributed by atoms with Gasteiger partial charge in [0.25, 0.3) is 0 Å². The third-order valence-electron chi connectivity index (χ3n) is 17.3. The van der Waals surface area contributed by atoms with Crippen molar-refractivity contribution in [2.75, 3.05) is 0 Å². The first-order valence-electron chi connectivity index (χ1n) is 29.0. The zero-order valence-corrected chi connectivity index (χ0v) is 52.9. The van der Waals surface area contributed by atoms with Crippen LogP contribution in [0.25, 0.3) is 32.7 Å². The molecule has 38 heteroatoms. The molecule has 0 saturated carbocycles. The molecule has 106 heavy (non-hydrogen) atoms. The van der Waals surface area contributed by atoms with E-state index in [0.29, 0.717) is 36.4 Å². The van der Waals surface area contributed by atoms with Gasteiger partial charge in [0.2, 0.25) is 0 Å². The SMILES string of the molecule is FC(F)(F)c1cccc([PH](c2cccc(C(F)(F)F)c2C(F)(F)F)(c2cccc(C(F)(F)F)c2C(F)(F)F)c2ccc3ccccc3c2-c2c([PH](c3cccc(C(F)(F)F)c3C(F)(F)F)(c3cccc(C(F)(F)F)c3C(F)(F)F)c3cccc(C(F)(F)F)c3C(F)(F)F)ccc3ccccc23)c1C(F)(F)F. The van der Waals surface area contributed by atoms with E-state index in [-0.39, 0.29) is 60.7 Å². The summed E-state index contributed by atoms with van der Waals surface area (Å²) in [5, 5.41) is -27.0. The number of hydrogen-bond acceptors (Lipinski definition) is 0. The van der Waals surface area contributed by atoms with Crippen LogP contribution in [0, 0.1) is 0 Å². The van der Waals surface area contributed by atoms with Gasteiger partial charge in [0.1, 0.15) is 0 Å². The Labute approximate surface area is 569 Å². The Morgan fingerprint density at radius 3 is 0.481 bits per heavy atom. The van der Waals surface area contributed by atoms with Crippen LogP contribution in [0.5, 0.6) is 0 Å². The van der Waals surface area contributed by atoms with Crippen molar-refractivity contribution in [2.45, 2.75) is 74.1 Å². The first-order chi connectivity index (χ1) is 48.3. The van der Waals surface area contributed by atoms with Crippen LogP contribution in [0.3, 0.4) is 0 Å². The summed E-state index contributed by atoms with van der Waals surface area (Å²) in [7, 11) is -17.4. The number of hydrogen-bond donors (Lipinski definition) is 0. The van der Waals surface area contributed by atoms with Crippen LogP contribution < -0.4 is 42.4 Å². The maximum atomic E-state index is 16.8. The molecule has 0 aromatic heterocycles. The predicted octanol–water partition coefficient (Wildman–Crippen LogP) is 22.6. The summed E-state index contributed by atoms with van der Waals surface area (Å²) < 4.78 is 586. The molecule has 0 unspecified atom stereocenters. The molecule has 0 amide bonds. The van der Waals surface area contributed by atoms with Crippen LogP contribution in [0.2, 0.25) is 0 Å². The molecular formula is C68H32F36P2. The van der Waals surface area contributed by atoms with Crippen LogP contribution in [-0.4, -0.2) is 0 Å². The molecule has 0 saturated heterocycles. The van der Waals surface area contributed by atoms with Gasteiger partial charge in [0.05, 0.1) is 0 Å². The summed E-state index contributed by atoms with van der Waals surface area (Å²) in [6, 6.07) is -4.28. The van der Waals surface area contributed by atoms with E-state index in [9.17, 15) is 0 Å². The van der Waals surface area contributed by atoms with E-state index in [1.165, 1.54) is 0 Å². The van der Waals surface area contributed by atoms with Crippen LogP contribution in [0.15, 0.2) is 182 Å². The van der Waals surface area contributed by atoms with Crippen molar-refractivity contribution in [3.05, 3.63) is 249 Å². The number of rotatable bonds is 9. The molecule has 0 nitrogen and oxygen atoms in total. The third-order valence-corrected chi connectivity index (χ3v) is 27.1. The Balaban J connectivity index is 1.77. The minimum atomic E-state index is -8.70. The van der Waals surface area contributed by atoms with Crippen LogP contribution in [0.1, 0.15) is 66.8 Å². The predicted molar refractivity (Wildman–Crippen MR) is 319 cm³/mol. The van der Waals surface area contributed by atoms with Gasteiger partial charge in [0, 0.05) is 0 Å². The Kier molecular flexibility index (Phi) is 19.5. The van der Waals surface area contributed by atoms with Crippen LogP contribution in [0.4, 0.5) is 158 Å². The van der Waals surface area contributed by atoms with E-state index in [1.54, 1.807) is 0 Å². The van der Waals surface area contributed by atoms with Gasteiger partial charge in [-0.15, -0.1) is 0 Å². The van der Waals surface area contributed by atoms with E-state index in [1.807, 2.05) is 0 Å². The molecule has 0 aliphatic carbocycles. The van der Waals surface area contributed by atoms with Crippen molar-refractivity contribution >= 4 is 78.5 Å². The second-order valence-electron chi connectivity index (χ2n) is 23.3. The van der Waals surface area contributed by atoms with Gasteiger partial charge in [0.15, 0.2) is 0 Å². The van der Waals surface area contributed by atoms with E-state index < -0.39 is 303 Å². The first kappa shape index (κ1) is 79.6. The molecule has 0 spiro atoms. The molecule has 0 bridgehead atoms. The van der Waals surface area contributed by atoms with Crippen molar-refractivity contribution in [3.63, 3.8) is 0 Å². The van der Waals surface area contributed by atoms with Gasteiger partial charge in [-0.25, -0.2) is 0 Å². The van der Waals surface area contributed by atoms with Gasteiger partial charge in [-0.2, -0.15) is 0 Å². The Bertz CT molecular complexity index is 4380. The zero-order valence-electron chi connectivity index (χ0n) is 50.9. The summed E-state index contributed by atoms with van der Waals surface area (Å²) in [6.07, 6.45) is -83.4. The Morgan fingerprint density at radius 1 is 0.151 bits per heavy atom. The first-order valence-corrected chi connectivity index (χ1v) is 33.0. The van der Waals surface area contributed by atoms with Crippen molar-refractivity contribution in [2.24, 2.45) is 0 Å². The second-order valence-corrected chi connectivity index (χ2v) is 30.6. The van der Waals surface area contributed by atoms with E-state index >= 15 is 158 Å². The average molecular weight is 1590 g/mol. The number of benzene rings is 10. The average Bonchev–Trinajstić information content (AvgIpc) is 0.678. The second kappa shape index (κ2) is 25.9. The summed E-state index contributed by atoms with van der Waals surface area (Å²) in [6.45, 7) is 0. The van der Waals surface area contributed by atoms with Crippen LogP contribution in [-0.2, 0) is 74.1 Å². The molecule has 10 aromatic carbocycles. The van der Waals surface area contributed by atoms with E-state index in [4.69, 9.17) is 0 Å². The topological polar surface area (TPSA) is 0 Å². The van der Waals surface area contributed by atoms with Crippen LogP contribution >= 0.6 is 14.5 Å². The van der Waals surface area contributed by atoms with Crippen molar-refractivity contribution in [1.29, 1.82) is 0 Å². The van der Waals surface area contributed by atoms with Gasteiger partial charge >= 0.3 is 571 Å². The molecule has 0 radical (unpaired) electrons. The fraction of sp³-hybridized carbons (Fsp3) is 0.176. The van der Waals surface area contributed by atoms with Gasteiger partial charge in [-0.05, 0) is 0 Å². The Morgan fingerprint density at radius 2 is 0.321 bits per heavy atom. The summed E-state index contributed by atoms with van der Waals surface area (Å²) in [5.74, 6) is 0. The number of fused-ring (bicyclic) bond motifs is 2. The molecule has 10 rings (SSSR count). The zero-order chi connectivity index (χ0) is 79.2. The maximum absolute atomic E-state index is 16.8. The molecule has 0 fully saturated rings. The van der Waals surface area contributed by atoms with Gasteiger partial charge in [-0.3, -0.25) is 0 Å². The van der Waals surface area contributed by atoms with Crippen molar-refractivity contribution in [3.8, 4) is 11.1 Å². The third kappa shape index (κ3) is 13.8. The minimum absolute atomic E-state index is 0.178. The molecule has 0 aliphatic rings. The summed E-state index contributed by atoms with van der Waals surface area (Å²) in [4.78, 5) is 0. The molecule has 566 valence electrons. The fourth-order valence-electron chi connectivity index (χ4n) is 13.9. The number of halogens is 36. The van der Waals surface area contributed by atoms with Crippen molar-refractivity contribution < 1.29 is 158 Å². The molecule has 0 N–H and O–H groups in total. The molecular weight excluding hydrogens is 1560 g/mol. The standard InChI is InChI=1S/C68H32F36P2/c69-57(70,71)35-15-5-21-43(51(35)63(87,88)89)105(44-22-6-16-36(58(72,73)74)52(44)64(90,91)92,45-23-7-17-37(59(75,76)77)53(45)65(93,94)95)41-29-27-31-11-1-3-13-33(31)49(41)50-34-14-4-2-12-32(34)28-30-42(50)106(46-24-8-18-38(60(78,79)80)54(46)66(96,97)98,47-25-9-19-39(61(81,82)83)55(47)67(99,100)101)48-26-10-20-40(62(84,85)86)56(48)68(102,103)104/h1-30,105-106H. The fourth-order valence-corrected chi connectivity index (χ4v) is 25.3. The molecule has 0 atom stereocenters. The van der Waals surface area contributed by atoms with Crippen molar-refractivity contribution in [1.82, 2.24) is 0 Å². The summed E-state index contributed by atoms with van der Waals surface area (Å²) in [5.41, 5.74) is -46.0. The van der Waals surface area contributed by atoms with E-state index in [0.717, 1.165) is 12.1 Å². The molecule has 10 aromatic rings. The van der Waals surface area contributed by atoms with E-state index in [2.05, 4.69) is 0 Å². The Hall–Kier alpha value is -8.94.